The van der Waals surface area contributed by atoms with E-state index in [-0.39, 0.29) is 17.6 Å². The Hall–Kier alpha value is -3.19. The number of nitrogens with one attached hydrogen (secondary N) is 2. The van der Waals surface area contributed by atoms with Gasteiger partial charge >= 0.3 is 0 Å². The fourth-order valence-corrected chi connectivity index (χ4v) is 3.90. The minimum absolute atomic E-state index is 0.238. The lowest BCUT2D eigenvalue weighted by Gasteiger charge is -2.13. The fraction of sp³-hybridized carbons (Fsp3) is 0.190. The van der Waals surface area contributed by atoms with E-state index in [2.05, 4.69) is 15.8 Å². The summed E-state index contributed by atoms with van der Waals surface area (Å²) in [5.74, 6) is 0.497. The van der Waals surface area contributed by atoms with Crippen molar-refractivity contribution < 1.29 is 14.0 Å². The van der Waals surface area contributed by atoms with Gasteiger partial charge in [-0.2, -0.15) is 5.10 Å². The lowest BCUT2D eigenvalue weighted by Crippen LogP contribution is -2.21. The number of benzene rings is 1. The van der Waals surface area contributed by atoms with Gasteiger partial charge in [0.2, 0.25) is 0 Å². The van der Waals surface area contributed by atoms with E-state index in [0.29, 0.717) is 10.6 Å². The van der Waals surface area contributed by atoms with Crippen molar-refractivity contribution in [2.45, 2.75) is 26.2 Å². The highest BCUT2D eigenvalue weighted by molar-refractivity contribution is 7.12. The number of rotatable bonds is 4. The number of carbonyl (C=O) groups is 2. The van der Waals surface area contributed by atoms with Gasteiger partial charge in [0.05, 0.1) is 10.6 Å². The summed E-state index contributed by atoms with van der Waals surface area (Å²) in [6.45, 7) is 1.85. The van der Waals surface area contributed by atoms with Crippen LogP contribution in [-0.4, -0.2) is 17.5 Å². The Bertz CT molecular complexity index is 1040. The molecule has 0 atom stereocenters. The van der Waals surface area contributed by atoms with Crippen LogP contribution >= 0.6 is 11.3 Å². The predicted octanol–water partition coefficient (Wildman–Crippen LogP) is 4.37. The number of para-hydroxylation sites is 1. The first-order valence-corrected chi connectivity index (χ1v) is 9.91. The van der Waals surface area contributed by atoms with Gasteiger partial charge in [0, 0.05) is 23.2 Å². The highest BCUT2D eigenvalue weighted by atomic mass is 32.1. The number of fused-ring (bicyclic) bond motifs is 1. The van der Waals surface area contributed by atoms with Crippen LogP contribution in [-0.2, 0) is 6.42 Å². The summed E-state index contributed by atoms with van der Waals surface area (Å²) in [5, 5.41) is 9.03. The molecule has 0 aliphatic heterocycles. The summed E-state index contributed by atoms with van der Waals surface area (Å²) in [7, 11) is 0. The molecule has 0 saturated heterocycles. The molecule has 3 aromatic rings. The first kappa shape index (κ1) is 18.2. The summed E-state index contributed by atoms with van der Waals surface area (Å²) in [6.07, 6.45) is 2.32. The number of aryl methyl sites for hydroxylation is 1. The minimum Gasteiger partial charge on any atom is -0.455 e. The van der Waals surface area contributed by atoms with E-state index in [1.165, 1.54) is 11.3 Å². The molecular weight excluding hydrogens is 374 g/mol. The predicted molar refractivity (Wildman–Crippen MR) is 109 cm³/mol. The molecule has 142 valence electrons. The number of thiophene rings is 1. The van der Waals surface area contributed by atoms with E-state index in [1.807, 2.05) is 48.7 Å². The fourth-order valence-electron chi connectivity index (χ4n) is 3.29. The Kier molecular flexibility index (Phi) is 5.08. The van der Waals surface area contributed by atoms with Crippen molar-refractivity contribution in [3.8, 4) is 0 Å². The number of hydrogen-bond acceptors (Lipinski definition) is 5. The van der Waals surface area contributed by atoms with Crippen molar-refractivity contribution in [3.63, 3.8) is 0 Å². The molecule has 1 aliphatic rings. The van der Waals surface area contributed by atoms with Gasteiger partial charge in [0.1, 0.15) is 5.76 Å². The number of nitrogens with zero attached hydrogens (tertiary/aromatic N) is 1. The quantitative estimate of drug-likeness (QED) is 0.646. The van der Waals surface area contributed by atoms with Crippen LogP contribution in [0.4, 0.5) is 5.69 Å². The van der Waals surface area contributed by atoms with E-state index in [9.17, 15) is 9.59 Å². The molecule has 1 aliphatic carbocycles. The summed E-state index contributed by atoms with van der Waals surface area (Å²) >= 11 is 1.36. The van der Waals surface area contributed by atoms with Crippen molar-refractivity contribution in [2.24, 2.45) is 5.10 Å². The van der Waals surface area contributed by atoms with Crippen LogP contribution in [0.5, 0.6) is 0 Å². The number of hydrazone groups is 1. The summed E-state index contributed by atoms with van der Waals surface area (Å²) in [4.78, 5) is 25.4. The molecule has 2 amide bonds. The molecule has 2 N–H and O–H groups in total. The largest absolute Gasteiger partial charge is 0.455 e. The average molecular weight is 393 g/mol. The van der Waals surface area contributed by atoms with Gasteiger partial charge in [-0.05, 0) is 43.3 Å². The van der Waals surface area contributed by atoms with E-state index in [1.54, 1.807) is 6.07 Å². The van der Waals surface area contributed by atoms with Crippen molar-refractivity contribution in [1.29, 1.82) is 0 Å². The molecule has 1 aromatic carbocycles. The molecule has 0 unspecified atom stereocenters. The van der Waals surface area contributed by atoms with Crippen molar-refractivity contribution in [2.75, 3.05) is 5.32 Å². The van der Waals surface area contributed by atoms with Crippen LogP contribution in [0.3, 0.4) is 0 Å². The zero-order valence-electron chi connectivity index (χ0n) is 15.3. The molecule has 0 radical (unpaired) electrons. The number of hydrogen-bond donors (Lipinski definition) is 2. The third-order valence-corrected chi connectivity index (χ3v) is 5.47. The molecule has 0 fully saturated rings. The van der Waals surface area contributed by atoms with Crippen LogP contribution in [0.1, 0.15) is 50.0 Å². The van der Waals surface area contributed by atoms with E-state index < -0.39 is 0 Å². The molecule has 4 rings (SSSR count). The molecule has 2 heterocycles. The Balaban J connectivity index is 1.58. The van der Waals surface area contributed by atoms with Crippen molar-refractivity contribution in [3.05, 3.63) is 75.4 Å². The number of furan rings is 1. The lowest BCUT2D eigenvalue weighted by molar-refractivity contribution is 0.0957. The second kappa shape index (κ2) is 7.82. The van der Waals surface area contributed by atoms with Crippen molar-refractivity contribution >= 4 is 34.6 Å². The zero-order valence-corrected chi connectivity index (χ0v) is 16.1. The maximum Gasteiger partial charge on any atom is 0.291 e. The Morgan fingerprint density at radius 1 is 1.07 bits per heavy atom. The smallest absolute Gasteiger partial charge is 0.291 e. The summed E-state index contributed by atoms with van der Waals surface area (Å²) in [6, 6.07) is 12.8. The Labute approximate surface area is 166 Å². The standard InChI is InChI=1S/C21H19N3O3S/c1-13-18-15(23-24-20(25)17-11-6-12-28-17)9-5-10-16(18)27-19(13)21(26)22-14-7-3-2-4-8-14/h2-4,6-8,11-12H,5,9-10H2,1H3,(H,22,26)(H,24,25)/b23-15+. The molecule has 28 heavy (non-hydrogen) atoms. The van der Waals surface area contributed by atoms with Gasteiger partial charge in [-0.25, -0.2) is 5.43 Å². The molecule has 0 saturated carbocycles. The molecule has 2 aromatic heterocycles. The minimum atomic E-state index is -0.292. The summed E-state index contributed by atoms with van der Waals surface area (Å²) in [5.41, 5.74) is 5.64. The highest BCUT2D eigenvalue weighted by Gasteiger charge is 2.28. The zero-order chi connectivity index (χ0) is 19.5. The second-order valence-corrected chi connectivity index (χ2v) is 7.45. The molecular formula is C21H19N3O3S. The first-order valence-electron chi connectivity index (χ1n) is 9.03. The van der Waals surface area contributed by atoms with Crippen LogP contribution < -0.4 is 10.7 Å². The third-order valence-electron chi connectivity index (χ3n) is 4.60. The van der Waals surface area contributed by atoms with Gasteiger partial charge in [0.15, 0.2) is 5.76 Å². The van der Waals surface area contributed by atoms with Gasteiger partial charge in [-0.15, -0.1) is 11.3 Å². The van der Waals surface area contributed by atoms with E-state index in [0.717, 1.165) is 41.9 Å². The SMILES string of the molecule is Cc1c(C(=O)Nc2ccccc2)oc2c1/C(=N/NC(=O)c1cccs1)CCC2. The van der Waals surface area contributed by atoms with Crippen molar-refractivity contribution in [1.82, 2.24) is 5.43 Å². The van der Waals surface area contributed by atoms with Crippen LogP contribution in [0.2, 0.25) is 0 Å². The van der Waals surface area contributed by atoms with E-state index >= 15 is 0 Å². The maximum atomic E-state index is 12.7. The Morgan fingerprint density at radius 3 is 2.64 bits per heavy atom. The molecule has 0 bridgehead atoms. The normalized spacial score (nSPS) is 14.5. The van der Waals surface area contributed by atoms with Crippen LogP contribution in [0.15, 0.2) is 57.4 Å². The molecule has 7 heteroatoms. The number of carbonyl (C=O) groups excluding carboxylic acids is 2. The number of amides is 2. The molecule has 6 nitrogen and oxygen atoms in total. The van der Waals surface area contributed by atoms with Gasteiger partial charge < -0.3 is 9.73 Å². The first-order chi connectivity index (χ1) is 13.6. The topological polar surface area (TPSA) is 83.7 Å². The average Bonchev–Trinajstić information content (AvgIpc) is 3.36. The number of anilines is 1. The lowest BCUT2D eigenvalue weighted by atomic mass is 9.93. The molecule has 0 spiro atoms. The van der Waals surface area contributed by atoms with E-state index in [4.69, 9.17) is 4.42 Å². The van der Waals surface area contributed by atoms with Crippen LogP contribution in [0.25, 0.3) is 0 Å². The highest BCUT2D eigenvalue weighted by Crippen LogP contribution is 2.30. The van der Waals surface area contributed by atoms with Crippen LogP contribution in [0, 0.1) is 6.92 Å². The third kappa shape index (κ3) is 3.61. The van der Waals surface area contributed by atoms with Gasteiger partial charge in [0.25, 0.3) is 11.8 Å². The monoisotopic (exact) mass is 393 g/mol. The van der Waals surface area contributed by atoms with Gasteiger partial charge in [-0.3, -0.25) is 9.59 Å². The maximum absolute atomic E-state index is 12.7. The Morgan fingerprint density at radius 2 is 1.89 bits per heavy atom. The summed E-state index contributed by atoms with van der Waals surface area (Å²) < 4.78 is 5.88. The second-order valence-electron chi connectivity index (χ2n) is 6.50. The van der Waals surface area contributed by atoms with Gasteiger partial charge in [-0.1, -0.05) is 24.3 Å².